The molecule has 0 aliphatic carbocycles. The molecule has 2 aromatic carbocycles. The van der Waals surface area contributed by atoms with Crippen LogP contribution in [0.2, 0.25) is 0 Å². The molecule has 0 spiro atoms. The first-order chi connectivity index (χ1) is 16.4. The van der Waals surface area contributed by atoms with Gasteiger partial charge < -0.3 is 10.2 Å². The van der Waals surface area contributed by atoms with Gasteiger partial charge in [0.25, 0.3) is 0 Å². The van der Waals surface area contributed by atoms with Crippen LogP contribution >= 0.6 is 0 Å². The number of amides is 2. The molecular formula is C26H36FN3O4S. The lowest BCUT2D eigenvalue weighted by molar-refractivity contribution is -0.141. The average Bonchev–Trinajstić information content (AvgIpc) is 2.79. The lowest BCUT2D eigenvalue weighted by Crippen LogP contribution is -2.49. The number of benzene rings is 2. The van der Waals surface area contributed by atoms with Crippen molar-refractivity contribution >= 4 is 27.5 Å². The van der Waals surface area contributed by atoms with Crippen molar-refractivity contribution in [2.45, 2.75) is 65.6 Å². The van der Waals surface area contributed by atoms with Crippen molar-refractivity contribution in [2.75, 3.05) is 17.1 Å². The second-order valence-corrected chi connectivity index (χ2v) is 10.8. The molecule has 0 saturated heterocycles. The highest BCUT2D eigenvalue weighted by atomic mass is 32.2. The molecule has 0 aliphatic heterocycles. The minimum Gasteiger partial charge on any atom is -0.352 e. The molecule has 2 aromatic rings. The standard InChI is InChI=1S/C26H36FN3O4S/c1-6-20(3)28-26(32)21(4)29(18-22-12-7-8-14-24(22)27)25(31)15-10-16-30(35(5,33)34)23-13-9-11-19(2)17-23/h7-9,11-14,17,20-21H,6,10,15-16,18H2,1-5H3,(H,28,32)/t20-,21-/m0/s1. The molecule has 0 fully saturated rings. The second-order valence-electron chi connectivity index (χ2n) is 8.88. The summed E-state index contributed by atoms with van der Waals surface area (Å²) in [6.07, 6.45) is 2.11. The Kier molecular flexibility index (Phi) is 10.2. The molecule has 0 radical (unpaired) electrons. The van der Waals surface area contributed by atoms with E-state index in [1.165, 1.54) is 15.3 Å². The maximum absolute atomic E-state index is 14.3. The summed E-state index contributed by atoms with van der Waals surface area (Å²) < 4.78 is 40.4. The fourth-order valence-electron chi connectivity index (χ4n) is 3.65. The highest BCUT2D eigenvalue weighted by Gasteiger charge is 2.28. The number of sulfonamides is 1. The number of carbonyl (C=O) groups excluding carboxylic acids is 2. The summed E-state index contributed by atoms with van der Waals surface area (Å²) in [6.45, 7) is 7.35. The van der Waals surface area contributed by atoms with E-state index in [1.54, 1.807) is 43.3 Å². The van der Waals surface area contributed by atoms with Crippen LogP contribution in [0, 0.1) is 12.7 Å². The van der Waals surface area contributed by atoms with E-state index in [4.69, 9.17) is 0 Å². The third kappa shape index (κ3) is 8.35. The summed E-state index contributed by atoms with van der Waals surface area (Å²) in [5.74, 6) is -1.12. The van der Waals surface area contributed by atoms with Crippen LogP contribution in [0.1, 0.15) is 51.2 Å². The summed E-state index contributed by atoms with van der Waals surface area (Å²) >= 11 is 0. The van der Waals surface area contributed by atoms with Crippen molar-refractivity contribution in [3.63, 3.8) is 0 Å². The van der Waals surface area contributed by atoms with Gasteiger partial charge in [0.05, 0.1) is 11.9 Å². The van der Waals surface area contributed by atoms with Crippen LogP contribution < -0.4 is 9.62 Å². The SMILES string of the molecule is CC[C@H](C)NC(=O)[C@H](C)N(Cc1ccccc1F)C(=O)CCCN(c1cccc(C)c1)S(C)(=O)=O. The van der Waals surface area contributed by atoms with Crippen molar-refractivity contribution in [1.82, 2.24) is 10.2 Å². The lowest BCUT2D eigenvalue weighted by Gasteiger charge is -2.30. The number of anilines is 1. The molecule has 0 aliphatic rings. The van der Waals surface area contributed by atoms with E-state index < -0.39 is 21.9 Å². The number of rotatable bonds is 12. The van der Waals surface area contributed by atoms with Gasteiger partial charge in [-0.25, -0.2) is 12.8 Å². The van der Waals surface area contributed by atoms with Gasteiger partial charge in [0, 0.05) is 31.1 Å². The van der Waals surface area contributed by atoms with Crippen LogP contribution in [0.15, 0.2) is 48.5 Å². The van der Waals surface area contributed by atoms with Gasteiger partial charge in [-0.3, -0.25) is 13.9 Å². The smallest absolute Gasteiger partial charge is 0.242 e. The van der Waals surface area contributed by atoms with Crippen molar-refractivity contribution in [2.24, 2.45) is 0 Å². The van der Waals surface area contributed by atoms with Crippen molar-refractivity contribution in [1.29, 1.82) is 0 Å². The summed E-state index contributed by atoms with van der Waals surface area (Å²) in [4.78, 5) is 27.4. The molecule has 1 N–H and O–H groups in total. The normalized spacial score (nSPS) is 13.1. The zero-order chi connectivity index (χ0) is 26.2. The predicted molar refractivity (Wildman–Crippen MR) is 137 cm³/mol. The molecule has 2 amide bonds. The molecule has 0 heterocycles. The topological polar surface area (TPSA) is 86.8 Å². The van der Waals surface area contributed by atoms with Gasteiger partial charge in [0.1, 0.15) is 11.9 Å². The van der Waals surface area contributed by atoms with E-state index in [1.807, 2.05) is 26.8 Å². The van der Waals surface area contributed by atoms with Crippen molar-refractivity contribution in [3.05, 3.63) is 65.5 Å². The van der Waals surface area contributed by atoms with E-state index in [2.05, 4.69) is 5.32 Å². The van der Waals surface area contributed by atoms with Crippen LogP contribution in [-0.2, 0) is 26.2 Å². The molecule has 0 saturated carbocycles. The van der Waals surface area contributed by atoms with Crippen LogP contribution in [-0.4, -0.2) is 50.0 Å². The second kappa shape index (κ2) is 12.7. The fourth-order valence-corrected chi connectivity index (χ4v) is 4.60. The minimum atomic E-state index is -3.56. The third-order valence-corrected chi connectivity index (χ3v) is 7.10. The van der Waals surface area contributed by atoms with Gasteiger partial charge in [-0.1, -0.05) is 37.3 Å². The predicted octanol–water partition coefficient (Wildman–Crippen LogP) is 4.01. The Balaban J connectivity index is 2.19. The summed E-state index contributed by atoms with van der Waals surface area (Å²) in [5, 5.41) is 2.87. The van der Waals surface area contributed by atoms with Crippen LogP contribution in [0.4, 0.5) is 10.1 Å². The van der Waals surface area contributed by atoms with E-state index in [-0.39, 0.29) is 43.8 Å². The zero-order valence-electron chi connectivity index (χ0n) is 21.1. The Morgan fingerprint density at radius 3 is 2.37 bits per heavy atom. The van der Waals surface area contributed by atoms with Gasteiger partial charge in [-0.05, 0) is 57.4 Å². The van der Waals surface area contributed by atoms with E-state index in [0.717, 1.165) is 18.2 Å². The number of carbonyl (C=O) groups is 2. The number of hydrogen-bond donors (Lipinski definition) is 1. The van der Waals surface area contributed by atoms with Gasteiger partial charge in [0.2, 0.25) is 21.8 Å². The Hall–Kier alpha value is -2.94. The zero-order valence-corrected chi connectivity index (χ0v) is 21.9. The average molecular weight is 506 g/mol. The Morgan fingerprint density at radius 1 is 1.09 bits per heavy atom. The van der Waals surface area contributed by atoms with Crippen molar-refractivity contribution in [3.8, 4) is 0 Å². The molecule has 2 atom stereocenters. The maximum atomic E-state index is 14.3. The monoisotopic (exact) mass is 505 g/mol. The number of halogens is 1. The largest absolute Gasteiger partial charge is 0.352 e. The molecule has 9 heteroatoms. The van der Waals surface area contributed by atoms with E-state index in [9.17, 15) is 22.4 Å². The molecule has 7 nitrogen and oxygen atoms in total. The maximum Gasteiger partial charge on any atom is 0.242 e. The third-order valence-electron chi connectivity index (χ3n) is 5.91. The molecule has 2 rings (SSSR count). The quantitative estimate of drug-likeness (QED) is 0.472. The molecule has 35 heavy (non-hydrogen) atoms. The summed E-state index contributed by atoms with van der Waals surface area (Å²) in [6, 6.07) is 12.4. The van der Waals surface area contributed by atoms with E-state index in [0.29, 0.717) is 11.3 Å². The first-order valence-electron chi connectivity index (χ1n) is 11.8. The van der Waals surface area contributed by atoms with Gasteiger partial charge >= 0.3 is 0 Å². The van der Waals surface area contributed by atoms with Crippen molar-refractivity contribution < 1.29 is 22.4 Å². The highest BCUT2D eigenvalue weighted by Crippen LogP contribution is 2.20. The van der Waals surface area contributed by atoms with E-state index >= 15 is 0 Å². The molecule has 192 valence electrons. The Labute approximate surface area is 208 Å². The summed E-state index contributed by atoms with van der Waals surface area (Å²) in [7, 11) is -3.56. The molecule has 0 aromatic heterocycles. The van der Waals surface area contributed by atoms with Crippen LogP contribution in [0.25, 0.3) is 0 Å². The molecule has 0 unspecified atom stereocenters. The lowest BCUT2D eigenvalue weighted by atomic mass is 10.1. The number of aryl methyl sites for hydroxylation is 1. The Morgan fingerprint density at radius 2 is 1.77 bits per heavy atom. The number of hydrogen-bond acceptors (Lipinski definition) is 4. The first kappa shape index (κ1) is 28.3. The molecular weight excluding hydrogens is 469 g/mol. The first-order valence-corrected chi connectivity index (χ1v) is 13.7. The van der Waals surface area contributed by atoms with Gasteiger partial charge in [-0.2, -0.15) is 0 Å². The summed E-state index contributed by atoms with van der Waals surface area (Å²) in [5.41, 5.74) is 1.76. The number of nitrogens with zero attached hydrogens (tertiary/aromatic N) is 2. The van der Waals surface area contributed by atoms with Gasteiger partial charge in [0.15, 0.2) is 0 Å². The van der Waals surface area contributed by atoms with Gasteiger partial charge in [-0.15, -0.1) is 0 Å². The minimum absolute atomic E-state index is 0.00718. The van der Waals surface area contributed by atoms with Crippen LogP contribution in [0.5, 0.6) is 0 Å². The Bertz CT molecular complexity index is 1120. The molecule has 0 bridgehead atoms. The van der Waals surface area contributed by atoms with Crippen LogP contribution in [0.3, 0.4) is 0 Å². The number of nitrogens with one attached hydrogen (secondary N) is 1. The highest BCUT2D eigenvalue weighted by molar-refractivity contribution is 7.92. The fraction of sp³-hybridized carbons (Fsp3) is 0.462.